The number of carbonyl (C=O) groups is 2. The Kier molecular flexibility index (Phi) is 4.89. The Morgan fingerprint density at radius 1 is 1.07 bits per heavy atom. The summed E-state index contributed by atoms with van der Waals surface area (Å²) >= 11 is 0. The fourth-order valence-electron chi connectivity index (χ4n) is 2.74. The highest BCUT2D eigenvalue weighted by molar-refractivity contribution is 5.94. The van der Waals surface area contributed by atoms with E-state index in [-0.39, 0.29) is 29.7 Å². The van der Waals surface area contributed by atoms with Gasteiger partial charge in [-0.1, -0.05) is 18.2 Å². The number of esters is 2. The zero-order chi connectivity index (χ0) is 19.6. The van der Waals surface area contributed by atoms with Gasteiger partial charge in [-0.25, -0.2) is 9.78 Å². The normalized spacial score (nSPS) is 10.6. The van der Waals surface area contributed by atoms with Gasteiger partial charge in [-0.2, -0.15) is 4.98 Å². The maximum atomic E-state index is 12.4. The highest BCUT2D eigenvalue weighted by Crippen LogP contribution is 2.26. The molecule has 27 heavy (non-hydrogen) atoms. The van der Waals surface area contributed by atoms with Gasteiger partial charge in [0.25, 0.3) is 0 Å². The lowest BCUT2D eigenvalue weighted by molar-refractivity contribution is -0.131. The molecule has 3 rings (SSSR count). The summed E-state index contributed by atoms with van der Waals surface area (Å²) in [6, 6.07) is 9.91. The first kappa shape index (κ1) is 18.1. The smallest absolute Gasteiger partial charge is 0.342 e. The van der Waals surface area contributed by atoms with Gasteiger partial charge in [-0.3, -0.25) is 4.79 Å². The number of para-hydroxylation sites is 1. The molecule has 0 aliphatic rings. The van der Waals surface area contributed by atoms with E-state index in [4.69, 9.17) is 20.9 Å². The van der Waals surface area contributed by atoms with Gasteiger partial charge in [0, 0.05) is 12.3 Å². The van der Waals surface area contributed by atoms with Gasteiger partial charge < -0.3 is 20.9 Å². The van der Waals surface area contributed by atoms with Crippen molar-refractivity contribution < 1.29 is 19.1 Å². The minimum absolute atomic E-state index is 0.0127. The fourth-order valence-corrected chi connectivity index (χ4v) is 2.74. The molecule has 0 saturated heterocycles. The number of nitrogens with two attached hydrogens (primary N) is 2. The standard InChI is InChI=1S/C19H18N4O4/c1-10-12(7-8-14-16(10)17(20)23-19(21)22-14)9-26-18(25)13-5-3-4-6-15(13)27-11(2)24/h3-8H,9H2,1-2H3,(H4,20,21,22,23). The molecule has 0 amide bonds. The number of hydrogen-bond donors (Lipinski definition) is 2. The van der Waals surface area contributed by atoms with E-state index in [9.17, 15) is 9.59 Å². The third-order valence-corrected chi connectivity index (χ3v) is 4.00. The molecule has 0 aliphatic heterocycles. The molecule has 0 radical (unpaired) electrons. The second-order valence-electron chi connectivity index (χ2n) is 5.88. The Bertz CT molecular complexity index is 1050. The number of aromatic nitrogens is 2. The molecule has 8 nitrogen and oxygen atoms in total. The van der Waals surface area contributed by atoms with Crippen LogP contribution in [0.3, 0.4) is 0 Å². The maximum Gasteiger partial charge on any atom is 0.342 e. The van der Waals surface area contributed by atoms with Crippen LogP contribution in [0.5, 0.6) is 5.75 Å². The number of rotatable bonds is 4. The van der Waals surface area contributed by atoms with E-state index in [2.05, 4.69) is 9.97 Å². The van der Waals surface area contributed by atoms with Crippen LogP contribution in [-0.4, -0.2) is 21.9 Å². The van der Waals surface area contributed by atoms with Gasteiger partial charge in [0.2, 0.25) is 5.95 Å². The zero-order valence-corrected chi connectivity index (χ0v) is 14.9. The van der Waals surface area contributed by atoms with E-state index in [1.165, 1.54) is 19.1 Å². The van der Waals surface area contributed by atoms with Crippen LogP contribution >= 0.6 is 0 Å². The summed E-state index contributed by atoms with van der Waals surface area (Å²) < 4.78 is 10.4. The van der Waals surface area contributed by atoms with Crippen molar-refractivity contribution in [3.05, 3.63) is 53.1 Å². The monoisotopic (exact) mass is 366 g/mol. The average molecular weight is 366 g/mol. The van der Waals surface area contributed by atoms with E-state index >= 15 is 0 Å². The van der Waals surface area contributed by atoms with E-state index < -0.39 is 11.9 Å². The largest absolute Gasteiger partial charge is 0.457 e. The number of aryl methyl sites for hydroxylation is 1. The third kappa shape index (κ3) is 3.79. The van der Waals surface area contributed by atoms with Gasteiger partial charge in [-0.05, 0) is 36.2 Å². The summed E-state index contributed by atoms with van der Waals surface area (Å²) in [5.41, 5.74) is 13.9. The van der Waals surface area contributed by atoms with Crippen LogP contribution < -0.4 is 16.2 Å². The third-order valence-electron chi connectivity index (χ3n) is 4.00. The number of benzene rings is 2. The molecule has 0 saturated carbocycles. The van der Waals surface area contributed by atoms with Crippen LogP contribution in [0.25, 0.3) is 10.9 Å². The maximum absolute atomic E-state index is 12.4. The molecule has 0 fully saturated rings. The summed E-state index contributed by atoms with van der Waals surface area (Å²) in [5, 5.41) is 0.665. The Hall–Kier alpha value is -3.68. The van der Waals surface area contributed by atoms with Crippen LogP contribution in [0.1, 0.15) is 28.4 Å². The molecule has 1 aromatic heterocycles. The number of nitrogens with zero attached hydrogens (tertiary/aromatic N) is 2. The molecule has 0 atom stereocenters. The molecule has 4 N–H and O–H groups in total. The Balaban J connectivity index is 1.84. The topological polar surface area (TPSA) is 130 Å². The summed E-state index contributed by atoms with van der Waals surface area (Å²) in [6.07, 6.45) is 0. The highest BCUT2D eigenvalue weighted by Gasteiger charge is 2.16. The predicted octanol–water partition coefficient (Wildman–Crippen LogP) is 2.38. The van der Waals surface area contributed by atoms with Crippen molar-refractivity contribution in [2.45, 2.75) is 20.5 Å². The molecule has 1 heterocycles. The molecule has 0 unspecified atom stereocenters. The molecular formula is C19H18N4O4. The lowest BCUT2D eigenvalue weighted by atomic mass is 10.0. The van der Waals surface area contributed by atoms with Crippen molar-refractivity contribution in [3.8, 4) is 5.75 Å². The first-order chi connectivity index (χ1) is 12.9. The Morgan fingerprint density at radius 2 is 1.81 bits per heavy atom. The van der Waals surface area contributed by atoms with Gasteiger partial charge in [0.15, 0.2) is 0 Å². The average Bonchev–Trinajstić information content (AvgIpc) is 2.60. The van der Waals surface area contributed by atoms with Crippen molar-refractivity contribution in [1.82, 2.24) is 9.97 Å². The molecular weight excluding hydrogens is 348 g/mol. The van der Waals surface area contributed by atoms with Gasteiger partial charge in [-0.15, -0.1) is 0 Å². The van der Waals surface area contributed by atoms with Crippen molar-refractivity contribution in [2.75, 3.05) is 11.5 Å². The SMILES string of the molecule is CC(=O)Oc1ccccc1C(=O)OCc1ccc2nc(N)nc(N)c2c1C. The summed E-state index contributed by atoms with van der Waals surface area (Å²) in [4.78, 5) is 31.7. The molecule has 0 spiro atoms. The number of nitrogen functional groups attached to an aromatic ring is 2. The van der Waals surface area contributed by atoms with E-state index in [0.29, 0.717) is 10.9 Å². The number of hydrogen-bond acceptors (Lipinski definition) is 8. The second-order valence-corrected chi connectivity index (χ2v) is 5.88. The Labute approximate surface area is 155 Å². The van der Waals surface area contributed by atoms with Gasteiger partial charge in [0.05, 0.1) is 5.52 Å². The Morgan fingerprint density at radius 3 is 2.56 bits per heavy atom. The van der Waals surface area contributed by atoms with E-state index in [0.717, 1.165) is 11.1 Å². The first-order valence-corrected chi connectivity index (χ1v) is 8.12. The molecule has 2 aromatic carbocycles. The van der Waals surface area contributed by atoms with Crippen LogP contribution in [-0.2, 0) is 16.1 Å². The first-order valence-electron chi connectivity index (χ1n) is 8.12. The van der Waals surface area contributed by atoms with Crippen molar-refractivity contribution in [2.24, 2.45) is 0 Å². The summed E-state index contributed by atoms with van der Waals surface area (Å²) in [5.74, 6) is -0.606. The van der Waals surface area contributed by atoms with Gasteiger partial charge >= 0.3 is 11.9 Å². The van der Waals surface area contributed by atoms with E-state index in [1.807, 2.05) is 6.92 Å². The van der Waals surface area contributed by atoms with Crippen molar-refractivity contribution in [1.29, 1.82) is 0 Å². The number of ether oxygens (including phenoxy) is 2. The summed E-state index contributed by atoms with van der Waals surface area (Å²) in [7, 11) is 0. The van der Waals surface area contributed by atoms with Crippen LogP contribution in [0.15, 0.2) is 36.4 Å². The molecule has 138 valence electrons. The van der Waals surface area contributed by atoms with Gasteiger partial charge in [0.1, 0.15) is 23.7 Å². The zero-order valence-electron chi connectivity index (χ0n) is 14.9. The molecule has 0 bridgehead atoms. The second kappa shape index (κ2) is 7.28. The molecule has 8 heteroatoms. The number of carbonyl (C=O) groups excluding carboxylic acids is 2. The lowest BCUT2D eigenvalue weighted by Crippen LogP contribution is -2.11. The molecule has 0 aliphatic carbocycles. The number of anilines is 2. The minimum atomic E-state index is -0.604. The van der Waals surface area contributed by atoms with Crippen molar-refractivity contribution >= 4 is 34.6 Å². The van der Waals surface area contributed by atoms with Crippen LogP contribution in [0.4, 0.5) is 11.8 Å². The quantitative estimate of drug-likeness (QED) is 0.531. The van der Waals surface area contributed by atoms with Crippen LogP contribution in [0.2, 0.25) is 0 Å². The lowest BCUT2D eigenvalue weighted by Gasteiger charge is -2.12. The highest BCUT2D eigenvalue weighted by atomic mass is 16.5. The fraction of sp³-hybridized carbons (Fsp3) is 0.158. The van der Waals surface area contributed by atoms with Crippen LogP contribution in [0, 0.1) is 6.92 Å². The summed E-state index contributed by atoms with van der Waals surface area (Å²) in [6.45, 7) is 3.12. The molecule has 3 aromatic rings. The minimum Gasteiger partial charge on any atom is -0.457 e. The predicted molar refractivity (Wildman–Crippen MR) is 100.0 cm³/mol. The van der Waals surface area contributed by atoms with E-state index in [1.54, 1.807) is 24.3 Å². The van der Waals surface area contributed by atoms with Crippen molar-refractivity contribution in [3.63, 3.8) is 0 Å². The number of fused-ring (bicyclic) bond motifs is 1.